The monoisotopic (exact) mass is 306 g/mol. The molecule has 0 bridgehead atoms. The van der Waals surface area contributed by atoms with Crippen LogP contribution < -0.4 is 10.6 Å². The van der Waals surface area contributed by atoms with Crippen LogP contribution in [-0.2, 0) is 11.2 Å². The van der Waals surface area contributed by atoms with Crippen LogP contribution in [0.4, 0.5) is 11.6 Å². The number of ether oxygens (including phenoxy) is 1. The Balaban J connectivity index is 2.23. The van der Waals surface area contributed by atoms with Crippen LogP contribution in [-0.4, -0.2) is 36.8 Å². The van der Waals surface area contributed by atoms with Crippen LogP contribution in [0.3, 0.4) is 0 Å². The van der Waals surface area contributed by atoms with Crippen LogP contribution in [0, 0.1) is 0 Å². The fraction of sp³-hybridized carbons (Fsp3) is 0.333. The summed E-state index contributed by atoms with van der Waals surface area (Å²) in [6, 6.07) is 10.3. The van der Waals surface area contributed by atoms with E-state index in [9.17, 15) is 0 Å². The smallest absolute Gasteiger partial charge is 0.153 e. The molecule has 1 heterocycles. The molecule has 0 saturated carbocycles. The number of rotatable bonds is 6. The summed E-state index contributed by atoms with van der Waals surface area (Å²) < 4.78 is 5.33. The fourth-order valence-electron chi connectivity index (χ4n) is 2.18. The van der Waals surface area contributed by atoms with Gasteiger partial charge in [0, 0.05) is 14.2 Å². The van der Waals surface area contributed by atoms with Gasteiger partial charge in [0.1, 0.15) is 17.2 Å². The molecule has 21 heavy (non-hydrogen) atoms. The van der Waals surface area contributed by atoms with Crippen LogP contribution >= 0.6 is 11.6 Å². The van der Waals surface area contributed by atoms with Crippen LogP contribution in [0.1, 0.15) is 5.56 Å². The van der Waals surface area contributed by atoms with Crippen molar-refractivity contribution in [3.05, 3.63) is 47.2 Å². The molecule has 112 valence electrons. The van der Waals surface area contributed by atoms with Crippen molar-refractivity contribution in [1.82, 2.24) is 9.97 Å². The zero-order valence-corrected chi connectivity index (χ0v) is 12.9. The molecule has 1 atom stereocenters. The van der Waals surface area contributed by atoms with E-state index in [0.29, 0.717) is 17.4 Å². The zero-order valence-electron chi connectivity index (χ0n) is 12.2. The van der Waals surface area contributed by atoms with Gasteiger partial charge in [-0.05, 0) is 12.0 Å². The maximum Gasteiger partial charge on any atom is 0.153 e. The SMILES string of the molecule is COCC(Cc1ccccc1)N(C)c1ncnc(N)c1Cl. The lowest BCUT2D eigenvalue weighted by Crippen LogP contribution is -2.38. The van der Waals surface area contributed by atoms with Crippen molar-refractivity contribution in [2.45, 2.75) is 12.5 Å². The second kappa shape index (κ2) is 7.24. The third-order valence-corrected chi connectivity index (χ3v) is 3.72. The molecular formula is C15H19ClN4O. The summed E-state index contributed by atoms with van der Waals surface area (Å²) in [7, 11) is 3.61. The lowest BCUT2D eigenvalue weighted by atomic mass is 10.1. The lowest BCUT2D eigenvalue weighted by Gasteiger charge is -2.29. The minimum absolute atomic E-state index is 0.101. The van der Waals surface area contributed by atoms with Crippen molar-refractivity contribution >= 4 is 23.2 Å². The van der Waals surface area contributed by atoms with Crippen LogP contribution in [0.5, 0.6) is 0 Å². The number of hydrogen-bond acceptors (Lipinski definition) is 5. The van der Waals surface area contributed by atoms with Crippen LogP contribution in [0.15, 0.2) is 36.7 Å². The Hall–Kier alpha value is -1.85. The maximum atomic E-state index is 6.20. The second-order valence-corrected chi connectivity index (χ2v) is 5.18. The Morgan fingerprint density at radius 3 is 2.67 bits per heavy atom. The van der Waals surface area contributed by atoms with Gasteiger partial charge in [-0.15, -0.1) is 0 Å². The number of methoxy groups -OCH3 is 1. The van der Waals surface area contributed by atoms with Crippen molar-refractivity contribution in [1.29, 1.82) is 0 Å². The number of benzene rings is 1. The first-order valence-electron chi connectivity index (χ1n) is 6.65. The van der Waals surface area contributed by atoms with E-state index in [0.717, 1.165) is 6.42 Å². The Morgan fingerprint density at radius 1 is 1.29 bits per heavy atom. The summed E-state index contributed by atoms with van der Waals surface area (Å²) in [6.45, 7) is 0.561. The molecule has 1 aromatic carbocycles. The van der Waals surface area contributed by atoms with Crippen molar-refractivity contribution < 1.29 is 4.74 Å². The molecule has 0 fully saturated rings. The normalized spacial score (nSPS) is 12.1. The molecule has 5 nitrogen and oxygen atoms in total. The Bertz CT molecular complexity index is 579. The average molecular weight is 307 g/mol. The summed E-state index contributed by atoms with van der Waals surface area (Å²) in [4.78, 5) is 10.1. The summed E-state index contributed by atoms with van der Waals surface area (Å²) >= 11 is 6.20. The third kappa shape index (κ3) is 3.83. The number of aromatic nitrogens is 2. The van der Waals surface area contributed by atoms with Crippen molar-refractivity contribution in [2.75, 3.05) is 31.4 Å². The van der Waals surface area contributed by atoms with Crippen molar-refractivity contribution in [3.8, 4) is 0 Å². The van der Waals surface area contributed by atoms with Gasteiger partial charge in [0.2, 0.25) is 0 Å². The summed E-state index contributed by atoms with van der Waals surface area (Å²) in [5.74, 6) is 0.895. The highest BCUT2D eigenvalue weighted by Crippen LogP contribution is 2.28. The Morgan fingerprint density at radius 2 is 2.00 bits per heavy atom. The van der Waals surface area contributed by atoms with Gasteiger partial charge in [-0.2, -0.15) is 0 Å². The van der Waals surface area contributed by atoms with E-state index < -0.39 is 0 Å². The van der Waals surface area contributed by atoms with E-state index in [1.54, 1.807) is 7.11 Å². The number of nitrogens with zero attached hydrogens (tertiary/aromatic N) is 3. The molecule has 2 N–H and O–H groups in total. The first-order chi connectivity index (χ1) is 10.1. The van der Waals surface area contributed by atoms with E-state index >= 15 is 0 Å². The predicted molar refractivity (Wildman–Crippen MR) is 85.7 cm³/mol. The number of likely N-dealkylation sites (N-methyl/N-ethyl adjacent to an activating group) is 1. The lowest BCUT2D eigenvalue weighted by molar-refractivity contribution is 0.177. The Kier molecular flexibility index (Phi) is 5.36. The zero-order chi connectivity index (χ0) is 15.2. The summed E-state index contributed by atoms with van der Waals surface area (Å²) in [6.07, 6.45) is 2.24. The Labute approximate surface area is 129 Å². The highest BCUT2D eigenvalue weighted by molar-refractivity contribution is 6.35. The third-order valence-electron chi connectivity index (χ3n) is 3.35. The molecule has 0 aliphatic heterocycles. The molecule has 0 aliphatic rings. The van der Waals surface area contributed by atoms with Gasteiger partial charge in [-0.25, -0.2) is 9.97 Å². The molecule has 2 aromatic rings. The standard InChI is InChI=1S/C15H19ClN4O/c1-20(15-13(16)14(17)18-10-19-15)12(9-21-2)8-11-6-4-3-5-7-11/h3-7,10,12H,8-9H2,1-2H3,(H2,17,18,19). The van der Waals surface area contributed by atoms with Crippen LogP contribution in [0.25, 0.3) is 0 Å². The highest BCUT2D eigenvalue weighted by atomic mass is 35.5. The maximum absolute atomic E-state index is 6.20. The minimum Gasteiger partial charge on any atom is -0.383 e. The van der Waals surface area contributed by atoms with Gasteiger partial charge in [0.15, 0.2) is 5.82 Å². The topological polar surface area (TPSA) is 64.3 Å². The minimum atomic E-state index is 0.101. The molecule has 6 heteroatoms. The molecule has 2 rings (SSSR count). The van der Waals surface area contributed by atoms with Crippen molar-refractivity contribution in [2.24, 2.45) is 0 Å². The van der Waals surface area contributed by atoms with Gasteiger partial charge >= 0.3 is 0 Å². The number of nitrogens with two attached hydrogens (primary N) is 1. The number of halogens is 1. The quantitative estimate of drug-likeness (QED) is 0.888. The highest BCUT2D eigenvalue weighted by Gasteiger charge is 2.20. The largest absolute Gasteiger partial charge is 0.383 e. The molecule has 0 aliphatic carbocycles. The van der Waals surface area contributed by atoms with E-state index in [1.165, 1.54) is 11.9 Å². The number of hydrogen-bond donors (Lipinski definition) is 1. The van der Waals surface area contributed by atoms with E-state index in [1.807, 2.05) is 30.1 Å². The van der Waals surface area contributed by atoms with Gasteiger partial charge < -0.3 is 15.4 Å². The van der Waals surface area contributed by atoms with E-state index in [-0.39, 0.29) is 11.9 Å². The van der Waals surface area contributed by atoms with Gasteiger partial charge in [0.25, 0.3) is 0 Å². The summed E-state index contributed by atoms with van der Waals surface area (Å²) in [5.41, 5.74) is 6.97. The molecule has 0 spiro atoms. The van der Waals surface area contributed by atoms with Gasteiger partial charge in [-0.3, -0.25) is 0 Å². The predicted octanol–water partition coefficient (Wildman–Crippen LogP) is 2.41. The molecule has 0 saturated heterocycles. The molecular weight excluding hydrogens is 288 g/mol. The first kappa shape index (κ1) is 15.5. The van der Waals surface area contributed by atoms with Gasteiger partial charge in [0.05, 0.1) is 12.6 Å². The summed E-state index contributed by atoms with van der Waals surface area (Å²) in [5, 5.41) is 0.370. The van der Waals surface area contributed by atoms with Crippen LogP contribution in [0.2, 0.25) is 5.02 Å². The molecule has 0 amide bonds. The first-order valence-corrected chi connectivity index (χ1v) is 7.03. The average Bonchev–Trinajstić information content (AvgIpc) is 2.50. The second-order valence-electron chi connectivity index (χ2n) is 4.81. The van der Waals surface area contributed by atoms with Gasteiger partial charge in [-0.1, -0.05) is 41.9 Å². The van der Waals surface area contributed by atoms with E-state index in [4.69, 9.17) is 22.1 Å². The van der Waals surface area contributed by atoms with Crippen molar-refractivity contribution in [3.63, 3.8) is 0 Å². The van der Waals surface area contributed by atoms with E-state index in [2.05, 4.69) is 22.1 Å². The fourth-order valence-corrected chi connectivity index (χ4v) is 2.41. The molecule has 1 unspecified atom stereocenters. The number of nitrogen functional groups attached to an aromatic ring is 1. The number of anilines is 2. The molecule has 0 radical (unpaired) electrons. The molecule has 1 aromatic heterocycles.